The lowest BCUT2D eigenvalue weighted by atomic mass is 10.1. The number of carboxylic acid groups (broad SMARTS) is 1. The summed E-state index contributed by atoms with van der Waals surface area (Å²) in [7, 11) is 0. The highest BCUT2D eigenvalue weighted by Crippen LogP contribution is 2.22. The maximum absolute atomic E-state index is 14.0. The summed E-state index contributed by atoms with van der Waals surface area (Å²) >= 11 is 0. The Morgan fingerprint density at radius 1 is 1.22 bits per heavy atom. The third-order valence-electron chi connectivity index (χ3n) is 3.15. The topological polar surface area (TPSA) is 91.6 Å². The summed E-state index contributed by atoms with van der Waals surface area (Å²) in [6.07, 6.45) is 1.84. The van der Waals surface area contributed by atoms with Gasteiger partial charge in [0.2, 0.25) is 0 Å². The van der Waals surface area contributed by atoms with Gasteiger partial charge in [0.1, 0.15) is 11.6 Å². The monoisotopic (exact) mass is 320 g/mol. The molecule has 0 bridgehead atoms. The third-order valence-corrected chi connectivity index (χ3v) is 3.15. The van der Waals surface area contributed by atoms with E-state index in [0.717, 1.165) is 0 Å². The van der Waals surface area contributed by atoms with Crippen molar-refractivity contribution in [3.8, 4) is 11.3 Å². The molecule has 0 aliphatic carbocycles. The van der Waals surface area contributed by atoms with Crippen molar-refractivity contribution in [3.05, 3.63) is 48.0 Å². The van der Waals surface area contributed by atoms with Crippen LogP contribution in [0.25, 0.3) is 11.3 Å². The Labute approximate surface area is 132 Å². The van der Waals surface area contributed by atoms with Crippen LogP contribution in [-0.2, 0) is 11.3 Å². The van der Waals surface area contributed by atoms with Gasteiger partial charge in [-0.25, -0.2) is 9.18 Å². The number of rotatable bonds is 7. The number of carboxylic acids is 1. The molecule has 6 nitrogen and oxygen atoms in total. The molecule has 0 saturated heterocycles. The lowest BCUT2D eigenvalue weighted by Crippen LogP contribution is -2.35. The molecular weight excluding hydrogens is 303 g/mol. The molecule has 0 spiro atoms. The summed E-state index contributed by atoms with van der Waals surface area (Å²) in [5.41, 5.74) is 0.968. The number of hydrogen-bond acceptors (Lipinski definition) is 3. The van der Waals surface area contributed by atoms with Crippen LogP contribution >= 0.6 is 0 Å². The fourth-order valence-corrected chi connectivity index (χ4v) is 1.97. The molecule has 1 aromatic carbocycles. The number of urea groups is 1. The first-order valence-electron chi connectivity index (χ1n) is 7.12. The van der Waals surface area contributed by atoms with Crippen molar-refractivity contribution in [2.24, 2.45) is 0 Å². The van der Waals surface area contributed by atoms with E-state index >= 15 is 0 Å². The standard InChI is InChI=1S/C16H17FN2O4/c17-13-9-11(14-3-2-8-23-14)5-6-12(13)10-19-16(22)18-7-1-4-15(20)21/h2-3,5-6,8-9H,1,4,7,10H2,(H,20,21)(H2,18,19,22). The largest absolute Gasteiger partial charge is 0.481 e. The molecule has 2 aromatic rings. The van der Waals surface area contributed by atoms with E-state index in [1.807, 2.05) is 0 Å². The van der Waals surface area contributed by atoms with E-state index in [1.54, 1.807) is 24.3 Å². The summed E-state index contributed by atoms with van der Waals surface area (Å²) < 4.78 is 19.2. The molecule has 0 fully saturated rings. The molecule has 0 aliphatic heterocycles. The summed E-state index contributed by atoms with van der Waals surface area (Å²) in [5, 5.41) is 13.5. The summed E-state index contributed by atoms with van der Waals surface area (Å²) in [5.74, 6) is -0.782. The second kappa shape index (κ2) is 7.98. The smallest absolute Gasteiger partial charge is 0.315 e. The van der Waals surface area contributed by atoms with Crippen molar-refractivity contribution in [1.82, 2.24) is 10.6 Å². The number of hydrogen-bond donors (Lipinski definition) is 3. The van der Waals surface area contributed by atoms with E-state index in [4.69, 9.17) is 9.52 Å². The molecule has 0 radical (unpaired) electrons. The van der Waals surface area contributed by atoms with E-state index in [2.05, 4.69) is 10.6 Å². The molecular formula is C16H17FN2O4. The van der Waals surface area contributed by atoms with Crippen LogP contribution in [0.15, 0.2) is 41.0 Å². The van der Waals surface area contributed by atoms with Crippen molar-refractivity contribution in [2.75, 3.05) is 6.54 Å². The second-order valence-corrected chi connectivity index (χ2v) is 4.89. The van der Waals surface area contributed by atoms with Gasteiger partial charge in [0.25, 0.3) is 0 Å². The minimum Gasteiger partial charge on any atom is -0.481 e. The Morgan fingerprint density at radius 3 is 2.70 bits per heavy atom. The molecule has 0 unspecified atom stereocenters. The molecule has 23 heavy (non-hydrogen) atoms. The van der Waals surface area contributed by atoms with Crippen LogP contribution in [-0.4, -0.2) is 23.7 Å². The molecule has 3 N–H and O–H groups in total. The van der Waals surface area contributed by atoms with Gasteiger partial charge < -0.3 is 20.2 Å². The van der Waals surface area contributed by atoms with Gasteiger partial charge in [-0.1, -0.05) is 12.1 Å². The molecule has 0 saturated carbocycles. The maximum Gasteiger partial charge on any atom is 0.315 e. The van der Waals surface area contributed by atoms with Crippen LogP contribution in [0.5, 0.6) is 0 Å². The first kappa shape index (κ1) is 16.5. The zero-order chi connectivity index (χ0) is 16.7. The number of furan rings is 1. The number of aliphatic carboxylic acids is 1. The first-order chi connectivity index (χ1) is 11.1. The Balaban J connectivity index is 1.81. The second-order valence-electron chi connectivity index (χ2n) is 4.89. The van der Waals surface area contributed by atoms with Gasteiger partial charge >= 0.3 is 12.0 Å². The zero-order valence-corrected chi connectivity index (χ0v) is 12.3. The molecule has 1 aromatic heterocycles. The molecule has 1 heterocycles. The van der Waals surface area contributed by atoms with Gasteiger partial charge in [-0.15, -0.1) is 0 Å². The van der Waals surface area contributed by atoms with Crippen molar-refractivity contribution < 1.29 is 23.5 Å². The summed E-state index contributed by atoms with van der Waals surface area (Å²) in [6, 6.07) is 7.63. The number of carbonyl (C=O) groups excluding carboxylic acids is 1. The average Bonchev–Trinajstić information content (AvgIpc) is 3.04. The highest BCUT2D eigenvalue weighted by molar-refractivity contribution is 5.74. The van der Waals surface area contributed by atoms with Crippen molar-refractivity contribution >= 4 is 12.0 Å². The highest BCUT2D eigenvalue weighted by Gasteiger charge is 2.08. The number of nitrogens with one attached hydrogen (secondary N) is 2. The maximum atomic E-state index is 14.0. The SMILES string of the molecule is O=C(O)CCCNC(=O)NCc1ccc(-c2ccco2)cc1F. The minimum atomic E-state index is -0.911. The molecule has 122 valence electrons. The summed E-state index contributed by atoms with van der Waals surface area (Å²) in [6.45, 7) is 0.285. The van der Waals surface area contributed by atoms with E-state index in [9.17, 15) is 14.0 Å². The van der Waals surface area contributed by atoms with Gasteiger partial charge in [0.15, 0.2) is 0 Å². The first-order valence-corrected chi connectivity index (χ1v) is 7.12. The van der Waals surface area contributed by atoms with Gasteiger partial charge in [0.05, 0.1) is 6.26 Å². The fraction of sp³-hybridized carbons (Fsp3) is 0.250. The molecule has 0 atom stereocenters. The normalized spacial score (nSPS) is 10.3. The Bertz CT molecular complexity index is 671. The number of halogens is 1. The van der Waals surface area contributed by atoms with Gasteiger partial charge in [-0.2, -0.15) is 0 Å². The van der Waals surface area contributed by atoms with Crippen LogP contribution in [0.4, 0.5) is 9.18 Å². The zero-order valence-electron chi connectivity index (χ0n) is 12.3. The predicted octanol–water partition coefficient (Wildman–Crippen LogP) is 2.75. The molecule has 7 heteroatoms. The predicted molar refractivity (Wildman–Crippen MR) is 81.2 cm³/mol. The van der Waals surface area contributed by atoms with Gasteiger partial charge in [0, 0.05) is 30.6 Å². The van der Waals surface area contributed by atoms with Crippen molar-refractivity contribution in [1.29, 1.82) is 0 Å². The average molecular weight is 320 g/mol. The Kier molecular flexibility index (Phi) is 5.74. The highest BCUT2D eigenvalue weighted by atomic mass is 19.1. The van der Waals surface area contributed by atoms with Crippen molar-refractivity contribution in [3.63, 3.8) is 0 Å². The lowest BCUT2D eigenvalue weighted by molar-refractivity contribution is -0.137. The number of amides is 2. The lowest BCUT2D eigenvalue weighted by Gasteiger charge is -2.08. The summed E-state index contributed by atoms with van der Waals surface area (Å²) in [4.78, 5) is 21.8. The Morgan fingerprint density at radius 2 is 2.04 bits per heavy atom. The Hall–Kier alpha value is -2.83. The van der Waals surface area contributed by atoms with Crippen LogP contribution < -0.4 is 10.6 Å². The number of carbonyl (C=O) groups is 2. The van der Waals surface area contributed by atoms with Gasteiger partial charge in [-0.3, -0.25) is 4.79 Å². The van der Waals surface area contributed by atoms with E-state index in [0.29, 0.717) is 23.3 Å². The molecule has 2 amide bonds. The van der Waals surface area contributed by atoms with E-state index < -0.39 is 17.8 Å². The third kappa shape index (κ3) is 5.14. The van der Waals surface area contributed by atoms with E-state index in [-0.39, 0.29) is 19.5 Å². The quantitative estimate of drug-likeness (QED) is 0.684. The van der Waals surface area contributed by atoms with Crippen LogP contribution in [0.1, 0.15) is 18.4 Å². The minimum absolute atomic E-state index is 0.0108. The van der Waals surface area contributed by atoms with Gasteiger partial charge in [-0.05, 0) is 24.6 Å². The fourth-order valence-electron chi connectivity index (χ4n) is 1.97. The molecule has 2 rings (SSSR count). The van der Waals surface area contributed by atoms with E-state index in [1.165, 1.54) is 12.3 Å². The van der Waals surface area contributed by atoms with Crippen LogP contribution in [0.2, 0.25) is 0 Å². The van der Waals surface area contributed by atoms with Crippen molar-refractivity contribution in [2.45, 2.75) is 19.4 Å². The molecule has 0 aliphatic rings. The number of benzene rings is 1. The van der Waals surface area contributed by atoms with Crippen LogP contribution in [0.3, 0.4) is 0 Å². The van der Waals surface area contributed by atoms with Crippen LogP contribution in [0, 0.1) is 5.82 Å².